The zero-order chi connectivity index (χ0) is 13.9. The molecule has 20 heavy (non-hydrogen) atoms. The summed E-state index contributed by atoms with van der Waals surface area (Å²) in [5.41, 5.74) is 3.02. The molecule has 0 aromatic heterocycles. The zero-order valence-corrected chi connectivity index (χ0v) is 14.3. The van der Waals surface area contributed by atoms with Gasteiger partial charge in [-0.15, -0.1) is 12.4 Å². The smallest absolute Gasteiger partial charge is 0.0398 e. The van der Waals surface area contributed by atoms with Gasteiger partial charge in [0.25, 0.3) is 0 Å². The molecular weight excluding hydrogens is 266 g/mol. The maximum Gasteiger partial charge on any atom is 0.0398 e. The number of benzene rings is 1. The SMILES string of the molecule is CCCCc1ccccc1N(CCCC)CCCC.Cl. The fourth-order valence-corrected chi connectivity index (χ4v) is 2.45. The normalized spacial score (nSPS) is 10.2. The Bertz CT molecular complexity index is 330. The lowest BCUT2D eigenvalue weighted by Crippen LogP contribution is -2.26. The third-order valence-electron chi connectivity index (χ3n) is 3.70. The predicted octanol–water partition coefficient (Wildman–Crippen LogP) is 5.86. The Kier molecular flexibility index (Phi) is 11.7. The number of unbranched alkanes of at least 4 members (excludes halogenated alkanes) is 3. The first-order valence-electron chi connectivity index (χ1n) is 8.16. The largest absolute Gasteiger partial charge is 0.371 e. The second-order valence-electron chi connectivity index (χ2n) is 5.43. The van der Waals surface area contributed by atoms with Crippen LogP contribution in [0.5, 0.6) is 0 Å². The van der Waals surface area contributed by atoms with E-state index in [4.69, 9.17) is 0 Å². The Morgan fingerprint density at radius 3 is 1.90 bits per heavy atom. The third-order valence-corrected chi connectivity index (χ3v) is 3.70. The van der Waals surface area contributed by atoms with Crippen LogP contribution in [0.15, 0.2) is 24.3 Å². The fourth-order valence-electron chi connectivity index (χ4n) is 2.45. The topological polar surface area (TPSA) is 3.24 Å². The van der Waals surface area contributed by atoms with Gasteiger partial charge in [-0.05, 0) is 37.3 Å². The summed E-state index contributed by atoms with van der Waals surface area (Å²) in [4.78, 5) is 2.61. The van der Waals surface area contributed by atoms with Crippen molar-refractivity contribution in [2.24, 2.45) is 0 Å². The first kappa shape index (κ1) is 19.3. The number of hydrogen-bond donors (Lipinski definition) is 0. The quantitative estimate of drug-likeness (QED) is 0.523. The highest BCUT2D eigenvalue weighted by atomic mass is 35.5. The molecule has 1 aromatic rings. The van der Waals surface area contributed by atoms with E-state index in [9.17, 15) is 0 Å². The van der Waals surface area contributed by atoms with Gasteiger partial charge in [0.15, 0.2) is 0 Å². The molecule has 1 rings (SSSR count). The van der Waals surface area contributed by atoms with Crippen molar-refractivity contribution in [3.63, 3.8) is 0 Å². The Morgan fingerprint density at radius 2 is 1.35 bits per heavy atom. The molecule has 0 fully saturated rings. The molecule has 0 saturated carbocycles. The van der Waals surface area contributed by atoms with E-state index in [1.165, 1.54) is 69.3 Å². The average Bonchev–Trinajstić information content (AvgIpc) is 2.46. The minimum atomic E-state index is 0. The minimum absolute atomic E-state index is 0. The van der Waals surface area contributed by atoms with E-state index in [1.807, 2.05) is 0 Å². The lowest BCUT2D eigenvalue weighted by atomic mass is 10.0. The maximum atomic E-state index is 2.61. The van der Waals surface area contributed by atoms with E-state index >= 15 is 0 Å². The summed E-state index contributed by atoms with van der Waals surface area (Å²) in [5, 5.41) is 0. The van der Waals surface area contributed by atoms with Crippen LogP contribution in [-0.4, -0.2) is 13.1 Å². The van der Waals surface area contributed by atoms with Crippen LogP contribution in [0.2, 0.25) is 0 Å². The highest BCUT2D eigenvalue weighted by molar-refractivity contribution is 5.85. The van der Waals surface area contributed by atoms with Gasteiger partial charge >= 0.3 is 0 Å². The summed E-state index contributed by atoms with van der Waals surface area (Å²) in [6.07, 6.45) is 8.95. The Morgan fingerprint density at radius 1 is 0.800 bits per heavy atom. The summed E-state index contributed by atoms with van der Waals surface area (Å²) in [5.74, 6) is 0. The molecule has 0 atom stereocenters. The molecule has 2 heteroatoms. The number of anilines is 1. The molecule has 0 bridgehead atoms. The van der Waals surface area contributed by atoms with Crippen LogP contribution >= 0.6 is 12.4 Å². The molecule has 0 unspecified atom stereocenters. The van der Waals surface area contributed by atoms with Crippen molar-refractivity contribution in [1.82, 2.24) is 0 Å². The summed E-state index contributed by atoms with van der Waals surface area (Å²) in [7, 11) is 0. The minimum Gasteiger partial charge on any atom is -0.371 e. The van der Waals surface area contributed by atoms with Crippen molar-refractivity contribution in [3.05, 3.63) is 29.8 Å². The molecule has 0 heterocycles. The van der Waals surface area contributed by atoms with Crippen LogP contribution in [0.4, 0.5) is 5.69 Å². The van der Waals surface area contributed by atoms with Crippen LogP contribution in [0.25, 0.3) is 0 Å². The molecule has 0 aliphatic carbocycles. The van der Waals surface area contributed by atoms with Gasteiger partial charge in [-0.2, -0.15) is 0 Å². The Labute approximate surface area is 132 Å². The van der Waals surface area contributed by atoms with Crippen LogP contribution < -0.4 is 4.90 Å². The van der Waals surface area contributed by atoms with E-state index in [0.717, 1.165) is 0 Å². The van der Waals surface area contributed by atoms with Crippen molar-refractivity contribution in [2.75, 3.05) is 18.0 Å². The molecule has 1 nitrogen and oxygen atoms in total. The molecule has 0 aliphatic rings. The highest BCUT2D eigenvalue weighted by Gasteiger charge is 2.09. The lowest BCUT2D eigenvalue weighted by molar-refractivity contribution is 0.673. The predicted molar refractivity (Wildman–Crippen MR) is 94.3 cm³/mol. The van der Waals surface area contributed by atoms with E-state index in [-0.39, 0.29) is 12.4 Å². The van der Waals surface area contributed by atoms with Crippen molar-refractivity contribution in [2.45, 2.75) is 65.7 Å². The van der Waals surface area contributed by atoms with Crippen LogP contribution in [-0.2, 0) is 6.42 Å². The molecule has 0 saturated heterocycles. The van der Waals surface area contributed by atoms with Gasteiger partial charge in [-0.3, -0.25) is 0 Å². The zero-order valence-electron chi connectivity index (χ0n) is 13.5. The van der Waals surface area contributed by atoms with Gasteiger partial charge in [-0.1, -0.05) is 58.2 Å². The number of para-hydroxylation sites is 1. The van der Waals surface area contributed by atoms with Crippen LogP contribution in [0.1, 0.15) is 64.9 Å². The summed E-state index contributed by atoms with van der Waals surface area (Å²) < 4.78 is 0. The van der Waals surface area contributed by atoms with E-state index in [1.54, 1.807) is 0 Å². The van der Waals surface area contributed by atoms with Gasteiger partial charge in [-0.25, -0.2) is 0 Å². The van der Waals surface area contributed by atoms with Crippen LogP contribution in [0, 0.1) is 0 Å². The van der Waals surface area contributed by atoms with Gasteiger partial charge in [0.05, 0.1) is 0 Å². The second-order valence-corrected chi connectivity index (χ2v) is 5.43. The van der Waals surface area contributed by atoms with Crippen molar-refractivity contribution in [1.29, 1.82) is 0 Å². The molecule has 1 aromatic carbocycles. The maximum absolute atomic E-state index is 2.61. The molecule has 0 aliphatic heterocycles. The van der Waals surface area contributed by atoms with E-state index < -0.39 is 0 Å². The number of hydrogen-bond acceptors (Lipinski definition) is 1. The van der Waals surface area contributed by atoms with Gasteiger partial charge < -0.3 is 4.90 Å². The molecule has 116 valence electrons. The average molecular weight is 298 g/mol. The molecule has 0 spiro atoms. The van der Waals surface area contributed by atoms with E-state index in [2.05, 4.69) is 49.9 Å². The molecule has 0 N–H and O–H groups in total. The summed E-state index contributed by atoms with van der Waals surface area (Å²) >= 11 is 0. The fraction of sp³-hybridized carbons (Fsp3) is 0.667. The Balaban J connectivity index is 0.00000361. The summed E-state index contributed by atoms with van der Waals surface area (Å²) in [6.45, 7) is 9.25. The molecule has 0 radical (unpaired) electrons. The Hall–Kier alpha value is -0.690. The van der Waals surface area contributed by atoms with E-state index in [0.29, 0.717) is 0 Å². The second kappa shape index (κ2) is 12.1. The van der Waals surface area contributed by atoms with Crippen molar-refractivity contribution in [3.8, 4) is 0 Å². The van der Waals surface area contributed by atoms with Gasteiger partial charge in [0.1, 0.15) is 0 Å². The highest BCUT2D eigenvalue weighted by Crippen LogP contribution is 2.23. The monoisotopic (exact) mass is 297 g/mol. The third kappa shape index (κ3) is 6.65. The number of nitrogens with zero attached hydrogens (tertiary/aromatic N) is 1. The summed E-state index contributed by atoms with van der Waals surface area (Å²) in [6, 6.07) is 9.01. The number of aryl methyl sites for hydroxylation is 1. The molecular formula is C18H32ClN. The molecule has 0 amide bonds. The number of halogens is 1. The van der Waals surface area contributed by atoms with Gasteiger partial charge in [0, 0.05) is 18.8 Å². The van der Waals surface area contributed by atoms with Gasteiger partial charge in [0.2, 0.25) is 0 Å². The lowest BCUT2D eigenvalue weighted by Gasteiger charge is -2.27. The van der Waals surface area contributed by atoms with Crippen molar-refractivity contribution >= 4 is 18.1 Å². The first-order chi connectivity index (χ1) is 9.33. The van der Waals surface area contributed by atoms with Crippen LogP contribution in [0.3, 0.4) is 0 Å². The standard InChI is InChI=1S/C18H31N.ClH/c1-4-7-12-17-13-10-11-14-18(17)19(15-8-5-2)16-9-6-3;/h10-11,13-14H,4-9,12,15-16H2,1-3H3;1H. The van der Waals surface area contributed by atoms with Crippen molar-refractivity contribution < 1.29 is 0 Å². The first-order valence-corrected chi connectivity index (χ1v) is 8.16. The number of rotatable bonds is 10.